The Kier molecular flexibility index (Phi) is 8.34. The zero-order valence-corrected chi connectivity index (χ0v) is 18.8. The minimum atomic E-state index is 0.199. The smallest absolute Gasteiger partial charge is 0.177 e. The summed E-state index contributed by atoms with van der Waals surface area (Å²) in [5.41, 5.74) is 6.42. The van der Waals surface area contributed by atoms with Gasteiger partial charge in [0.25, 0.3) is 0 Å². The average Bonchev–Trinajstić information content (AvgIpc) is 3.47. The highest BCUT2D eigenvalue weighted by Crippen LogP contribution is 2.27. The standard InChI is InChI=1S/C27H33N3O/c1-4-20(2)23(18-22-13-10-9-12-21(22)3)25-19-29-27(30-25)16-8-6-5-7-15-26(31)24-14-11-17-28-24/h9-13,17-19H,2,4-8,14-16H2,1,3H3,(H,29,30)/b23-18+. The molecule has 0 saturated heterocycles. The molecule has 1 aliphatic heterocycles. The van der Waals surface area contributed by atoms with Gasteiger partial charge in [0.1, 0.15) is 5.82 Å². The molecule has 0 radical (unpaired) electrons. The summed E-state index contributed by atoms with van der Waals surface area (Å²) < 4.78 is 0. The van der Waals surface area contributed by atoms with Crippen LogP contribution in [0, 0.1) is 6.92 Å². The van der Waals surface area contributed by atoms with Gasteiger partial charge >= 0.3 is 0 Å². The van der Waals surface area contributed by atoms with E-state index in [9.17, 15) is 4.79 Å². The number of hydrogen-bond acceptors (Lipinski definition) is 3. The normalized spacial score (nSPS) is 13.5. The van der Waals surface area contributed by atoms with Crippen molar-refractivity contribution < 1.29 is 4.79 Å². The molecule has 2 aromatic rings. The molecule has 2 heterocycles. The molecule has 0 unspecified atom stereocenters. The average molecular weight is 416 g/mol. The van der Waals surface area contributed by atoms with Crippen molar-refractivity contribution in [2.75, 3.05) is 0 Å². The molecule has 0 bridgehead atoms. The van der Waals surface area contributed by atoms with E-state index < -0.39 is 0 Å². The number of unbranched alkanes of at least 4 members (excludes halogenated alkanes) is 3. The van der Waals surface area contributed by atoms with Crippen molar-refractivity contribution in [1.29, 1.82) is 0 Å². The maximum Gasteiger partial charge on any atom is 0.177 e. The topological polar surface area (TPSA) is 58.1 Å². The highest BCUT2D eigenvalue weighted by molar-refractivity contribution is 6.40. The van der Waals surface area contributed by atoms with Crippen LogP contribution in [-0.2, 0) is 11.2 Å². The largest absolute Gasteiger partial charge is 0.342 e. The van der Waals surface area contributed by atoms with Crippen LogP contribution in [0.2, 0.25) is 0 Å². The van der Waals surface area contributed by atoms with Gasteiger partial charge in [-0.2, -0.15) is 0 Å². The van der Waals surface area contributed by atoms with Crippen LogP contribution in [0.15, 0.2) is 59.9 Å². The van der Waals surface area contributed by atoms with Crippen molar-refractivity contribution in [2.24, 2.45) is 4.99 Å². The van der Waals surface area contributed by atoms with Crippen LogP contribution in [0.4, 0.5) is 0 Å². The SMILES string of the molecule is C=C(CC)/C(=C\c1ccccc1C)c1cnc(CCCCCCC(=O)C2=NC=CC2)[nH]1. The first-order valence-corrected chi connectivity index (χ1v) is 11.3. The second kappa shape index (κ2) is 11.4. The summed E-state index contributed by atoms with van der Waals surface area (Å²) in [4.78, 5) is 24.2. The molecular formula is C27H33N3O. The maximum atomic E-state index is 12.0. The molecule has 1 aromatic heterocycles. The maximum absolute atomic E-state index is 12.0. The Morgan fingerprint density at radius 2 is 2.00 bits per heavy atom. The number of carbonyl (C=O) groups is 1. The first-order valence-electron chi connectivity index (χ1n) is 11.3. The molecule has 1 N–H and O–H groups in total. The number of aromatic nitrogens is 2. The number of nitrogens with zero attached hydrogens (tertiary/aromatic N) is 2. The Morgan fingerprint density at radius 1 is 1.19 bits per heavy atom. The van der Waals surface area contributed by atoms with Gasteiger partial charge in [-0.05, 0) is 49.0 Å². The van der Waals surface area contributed by atoms with E-state index in [2.05, 4.69) is 65.7 Å². The van der Waals surface area contributed by atoms with Gasteiger partial charge in [-0.1, -0.05) is 56.7 Å². The zero-order chi connectivity index (χ0) is 22.1. The Labute approximate surface area is 185 Å². The van der Waals surface area contributed by atoms with Gasteiger partial charge in [0.05, 0.1) is 17.6 Å². The van der Waals surface area contributed by atoms with Crippen LogP contribution >= 0.6 is 0 Å². The van der Waals surface area contributed by atoms with E-state index in [1.807, 2.05) is 12.3 Å². The lowest BCUT2D eigenvalue weighted by atomic mass is 9.98. The van der Waals surface area contributed by atoms with Crippen molar-refractivity contribution in [3.8, 4) is 0 Å². The number of carbonyl (C=O) groups excluding carboxylic acids is 1. The summed E-state index contributed by atoms with van der Waals surface area (Å²) in [6.45, 7) is 8.53. The lowest BCUT2D eigenvalue weighted by Gasteiger charge is -2.09. The lowest BCUT2D eigenvalue weighted by molar-refractivity contribution is -0.113. The van der Waals surface area contributed by atoms with E-state index in [4.69, 9.17) is 0 Å². The van der Waals surface area contributed by atoms with Gasteiger partial charge in [-0.15, -0.1) is 0 Å². The number of Topliss-reactive ketones (excluding diaryl/α,β-unsaturated/α-hetero) is 1. The molecule has 162 valence electrons. The second-order valence-electron chi connectivity index (χ2n) is 8.12. The van der Waals surface area contributed by atoms with Crippen LogP contribution in [0.5, 0.6) is 0 Å². The van der Waals surface area contributed by atoms with Crippen LogP contribution in [0.1, 0.15) is 74.5 Å². The number of benzene rings is 1. The Bertz CT molecular complexity index is 1010. The number of aryl methyl sites for hydroxylation is 2. The molecule has 0 saturated carbocycles. The monoisotopic (exact) mass is 415 g/mol. The summed E-state index contributed by atoms with van der Waals surface area (Å²) >= 11 is 0. The van der Waals surface area contributed by atoms with E-state index in [0.29, 0.717) is 18.6 Å². The van der Waals surface area contributed by atoms with Crippen molar-refractivity contribution in [2.45, 2.75) is 65.2 Å². The number of hydrogen-bond donors (Lipinski definition) is 1. The number of ketones is 1. The first-order chi connectivity index (χ1) is 15.1. The zero-order valence-electron chi connectivity index (χ0n) is 18.8. The van der Waals surface area contributed by atoms with Gasteiger partial charge in [-0.25, -0.2) is 4.98 Å². The van der Waals surface area contributed by atoms with Gasteiger partial charge in [0.2, 0.25) is 0 Å². The molecule has 31 heavy (non-hydrogen) atoms. The van der Waals surface area contributed by atoms with Crippen LogP contribution in [-0.4, -0.2) is 21.5 Å². The van der Waals surface area contributed by atoms with E-state index in [1.54, 1.807) is 6.20 Å². The quantitative estimate of drug-likeness (QED) is 0.312. The molecule has 0 aliphatic carbocycles. The third-order valence-electron chi connectivity index (χ3n) is 5.75. The Hall–Kier alpha value is -3.01. The number of H-pyrrole nitrogens is 1. The predicted octanol–water partition coefficient (Wildman–Crippen LogP) is 6.65. The van der Waals surface area contributed by atoms with Gasteiger partial charge in [-0.3, -0.25) is 9.79 Å². The van der Waals surface area contributed by atoms with E-state index in [0.717, 1.165) is 61.2 Å². The van der Waals surface area contributed by atoms with Crippen LogP contribution in [0.25, 0.3) is 11.6 Å². The number of aliphatic imine (C=N–C) groups is 1. The van der Waals surface area contributed by atoms with Crippen LogP contribution < -0.4 is 0 Å². The number of rotatable bonds is 12. The third-order valence-corrected chi connectivity index (χ3v) is 5.75. The molecule has 0 fully saturated rings. The van der Waals surface area contributed by atoms with Gasteiger partial charge < -0.3 is 4.98 Å². The Morgan fingerprint density at radius 3 is 2.74 bits per heavy atom. The molecule has 4 heteroatoms. The summed E-state index contributed by atoms with van der Waals surface area (Å²) in [6.07, 6.45) is 15.1. The first kappa shape index (κ1) is 22.7. The van der Waals surface area contributed by atoms with Crippen molar-refractivity contribution in [3.63, 3.8) is 0 Å². The molecule has 3 rings (SSSR count). The fourth-order valence-electron chi connectivity index (χ4n) is 3.71. The predicted molar refractivity (Wildman–Crippen MR) is 130 cm³/mol. The molecule has 4 nitrogen and oxygen atoms in total. The highest BCUT2D eigenvalue weighted by Gasteiger charge is 2.12. The molecule has 0 amide bonds. The highest BCUT2D eigenvalue weighted by atomic mass is 16.1. The minimum Gasteiger partial charge on any atom is -0.342 e. The molecule has 0 spiro atoms. The number of aromatic amines is 1. The molecule has 1 aliphatic rings. The fourth-order valence-corrected chi connectivity index (χ4v) is 3.71. The van der Waals surface area contributed by atoms with Crippen molar-refractivity contribution in [1.82, 2.24) is 9.97 Å². The van der Waals surface area contributed by atoms with E-state index in [-0.39, 0.29) is 5.78 Å². The summed E-state index contributed by atoms with van der Waals surface area (Å²) in [5, 5.41) is 0. The van der Waals surface area contributed by atoms with Crippen molar-refractivity contribution in [3.05, 3.63) is 77.5 Å². The fraction of sp³-hybridized carbons (Fsp3) is 0.370. The number of allylic oxidation sites excluding steroid dienone is 3. The summed E-state index contributed by atoms with van der Waals surface area (Å²) in [6, 6.07) is 8.39. The second-order valence-corrected chi connectivity index (χ2v) is 8.12. The van der Waals surface area contributed by atoms with Crippen LogP contribution in [0.3, 0.4) is 0 Å². The van der Waals surface area contributed by atoms with E-state index >= 15 is 0 Å². The number of nitrogens with one attached hydrogen (secondary N) is 1. The lowest BCUT2D eigenvalue weighted by Crippen LogP contribution is -2.10. The molecule has 0 atom stereocenters. The minimum absolute atomic E-state index is 0.199. The number of imidazole rings is 1. The van der Waals surface area contributed by atoms with E-state index in [1.165, 1.54) is 11.1 Å². The molecule has 1 aromatic carbocycles. The molecular weight excluding hydrogens is 382 g/mol. The Balaban J connectivity index is 1.50. The summed E-state index contributed by atoms with van der Waals surface area (Å²) in [7, 11) is 0. The third kappa shape index (κ3) is 6.48. The van der Waals surface area contributed by atoms with Crippen molar-refractivity contribution >= 4 is 23.1 Å². The van der Waals surface area contributed by atoms with Gasteiger partial charge in [0.15, 0.2) is 5.78 Å². The van der Waals surface area contributed by atoms with Gasteiger partial charge in [0, 0.05) is 31.0 Å². The summed E-state index contributed by atoms with van der Waals surface area (Å²) in [5.74, 6) is 1.21.